The summed E-state index contributed by atoms with van der Waals surface area (Å²) in [5.74, 6) is -0.159. The number of thiophene rings is 1. The molecule has 0 spiro atoms. The molecule has 6 heteroatoms. The largest absolute Gasteiger partial charge is 0.378 e. The molecule has 1 fully saturated rings. The second-order valence-corrected chi connectivity index (χ2v) is 6.63. The van der Waals surface area contributed by atoms with Crippen LogP contribution in [0.5, 0.6) is 0 Å². The third-order valence-electron chi connectivity index (χ3n) is 3.97. The molecule has 0 unspecified atom stereocenters. The molecule has 5 nitrogen and oxygen atoms in total. The van der Waals surface area contributed by atoms with Crippen LogP contribution in [0.2, 0.25) is 0 Å². The molecule has 0 saturated heterocycles. The van der Waals surface area contributed by atoms with Gasteiger partial charge in [-0.05, 0) is 30.7 Å². The van der Waals surface area contributed by atoms with Crippen LogP contribution >= 0.6 is 11.3 Å². The minimum Gasteiger partial charge on any atom is -0.378 e. The van der Waals surface area contributed by atoms with Gasteiger partial charge in [0.1, 0.15) is 0 Å². The van der Waals surface area contributed by atoms with Crippen molar-refractivity contribution in [3.63, 3.8) is 0 Å². The summed E-state index contributed by atoms with van der Waals surface area (Å²) in [6, 6.07) is 1.77. The Morgan fingerprint density at radius 2 is 2.00 bits per heavy atom. The second kappa shape index (κ2) is 10.4. The molecule has 2 N–H and O–H groups in total. The second-order valence-electron chi connectivity index (χ2n) is 5.85. The van der Waals surface area contributed by atoms with Gasteiger partial charge in [-0.2, -0.15) is 11.3 Å². The summed E-state index contributed by atoms with van der Waals surface area (Å²) < 4.78 is 5.81. The highest BCUT2D eigenvalue weighted by Gasteiger charge is 2.13. The molecular weight excluding hydrogens is 312 g/mol. The van der Waals surface area contributed by atoms with E-state index in [0.29, 0.717) is 37.8 Å². The summed E-state index contributed by atoms with van der Waals surface area (Å²) in [6.45, 7) is 1.70. The Bertz CT molecular complexity index is 470. The third-order valence-corrected chi connectivity index (χ3v) is 4.65. The van der Waals surface area contributed by atoms with Gasteiger partial charge in [0.25, 0.3) is 5.91 Å². The fourth-order valence-electron chi connectivity index (χ4n) is 2.66. The van der Waals surface area contributed by atoms with Crippen molar-refractivity contribution in [3.05, 3.63) is 22.4 Å². The van der Waals surface area contributed by atoms with Crippen LogP contribution in [-0.2, 0) is 9.53 Å². The summed E-state index contributed by atoms with van der Waals surface area (Å²) in [6.07, 6.45) is 7.80. The monoisotopic (exact) mass is 338 g/mol. The number of amides is 2. The predicted octanol–water partition coefficient (Wildman–Crippen LogP) is 2.72. The molecule has 1 aromatic rings. The molecular formula is C17H26N2O3S. The van der Waals surface area contributed by atoms with Gasteiger partial charge in [0.05, 0.1) is 6.10 Å². The minimum absolute atomic E-state index is 0.0340. The van der Waals surface area contributed by atoms with Crippen molar-refractivity contribution in [1.29, 1.82) is 0 Å². The molecule has 128 valence electrons. The maximum atomic E-state index is 11.7. The van der Waals surface area contributed by atoms with Gasteiger partial charge in [-0.25, -0.2) is 0 Å². The molecule has 2 amide bonds. The normalized spacial score (nSPS) is 15.3. The number of nitrogens with one attached hydrogen (secondary N) is 2. The molecule has 0 radical (unpaired) electrons. The molecule has 1 aliphatic carbocycles. The van der Waals surface area contributed by atoms with E-state index in [4.69, 9.17) is 4.74 Å². The van der Waals surface area contributed by atoms with E-state index in [9.17, 15) is 9.59 Å². The van der Waals surface area contributed by atoms with E-state index in [1.807, 2.05) is 5.38 Å². The molecule has 0 aliphatic heterocycles. The van der Waals surface area contributed by atoms with Gasteiger partial charge >= 0.3 is 0 Å². The summed E-state index contributed by atoms with van der Waals surface area (Å²) in [4.78, 5) is 23.4. The number of rotatable bonds is 9. The highest BCUT2D eigenvalue weighted by atomic mass is 32.1. The Labute approximate surface area is 141 Å². The fourth-order valence-corrected chi connectivity index (χ4v) is 3.29. The quantitative estimate of drug-likeness (QED) is 0.680. The standard InChI is InChI=1S/C17H26N2O3S/c20-16(7-10-19-17(21)14-8-12-23-13-14)18-9-4-11-22-15-5-2-1-3-6-15/h8,12-13,15H,1-7,9-11H2,(H,18,20)(H,19,21). The maximum Gasteiger partial charge on any atom is 0.252 e. The van der Waals surface area contributed by atoms with Crippen molar-refractivity contribution >= 4 is 23.2 Å². The van der Waals surface area contributed by atoms with Gasteiger partial charge in [-0.1, -0.05) is 19.3 Å². The number of hydrogen-bond donors (Lipinski definition) is 2. The SMILES string of the molecule is O=C(CCNC(=O)c1ccsc1)NCCCOC1CCCCC1. The molecule has 2 rings (SSSR count). The molecule has 1 saturated carbocycles. The van der Waals surface area contributed by atoms with Gasteiger partial charge in [0.2, 0.25) is 5.91 Å². The summed E-state index contributed by atoms with van der Waals surface area (Å²) >= 11 is 1.48. The van der Waals surface area contributed by atoms with Crippen molar-refractivity contribution in [2.45, 2.75) is 51.0 Å². The average molecular weight is 338 g/mol. The first-order valence-electron chi connectivity index (χ1n) is 8.44. The highest BCUT2D eigenvalue weighted by molar-refractivity contribution is 7.08. The molecule has 1 heterocycles. The van der Waals surface area contributed by atoms with E-state index < -0.39 is 0 Å². The maximum absolute atomic E-state index is 11.7. The van der Waals surface area contributed by atoms with E-state index in [1.54, 1.807) is 11.4 Å². The van der Waals surface area contributed by atoms with Gasteiger partial charge in [0, 0.05) is 37.1 Å². The molecule has 1 aromatic heterocycles. The van der Waals surface area contributed by atoms with Crippen molar-refractivity contribution in [1.82, 2.24) is 10.6 Å². The van der Waals surface area contributed by atoms with Crippen molar-refractivity contribution in [3.8, 4) is 0 Å². The zero-order chi connectivity index (χ0) is 16.3. The lowest BCUT2D eigenvalue weighted by atomic mass is 9.98. The Kier molecular flexibility index (Phi) is 8.11. The van der Waals surface area contributed by atoms with Gasteiger partial charge in [-0.15, -0.1) is 0 Å². The predicted molar refractivity (Wildman–Crippen MR) is 91.7 cm³/mol. The van der Waals surface area contributed by atoms with Crippen LogP contribution in [-0.4, -0.2) is 37.6 Å². The molecule has 23 heavy (non-hydrogen) atoms. The Hall–Kier alpha value is -1.40. The molecule has 0 atom stereocenters. The Morgan fingerprint density at radius 3 is 2.74 bits per heavy atom. The lowest BCUT2D eigenvalue weighted by molar-refractivity contribution is -0.121. The minimum atomic E-state index is -0.125. The topological polar surface area (TPSA) is 67.4 Å². The smallest absolute Gasteiger partial charge is 0.252 e. The van der Waals surface area contributed by atoms with Crippen LogP contribution < -0.4 is 10.6 Å². The lowest BCUT2D eigenvalue weighted by Gasteiger charge is -2.21. The van der Waals surface area contributed by atoms with Gasteiger partial charge in [-0.3, -0.25) is 9.59 Å². The zero-order valence-corrected chi connectivity index (χ0v) is 14.3. The first kappa shape index (κ1) is 17.9. The van der Waals surface area contributed by atoms with Gasteiger partial charge < -0.3 is 15.4 Å². The average Bonchev–Trinajstić information content (AvgIpc) is 3.10. The van der Waals surface area contributed by atoms with Crippen LogP contribution in [0.3, 0.4) is 0 Å². The summed E-state index contributed by atoms with van der Waals surface area (Å²) in [7, 11) is 0. The third kappa shape index (κ3) is 7.14. The zero-order valence-electron chi connectivity index (χ0n) is 13.5. The van der Waals surface area contributed by atoms with E-state index in [-0.39, 0.29) is 11.8 Å². The van der Waals surface area contributed by atoms with E-state index >= 15 is 0 Å². The first-order chi connectivity index (χ1) is 11.3. The van der Waals surface area contributed by atoms with Crippen LogP contribution in [0, 0.1) is 0 Å². The number of hydrogen-bond acceptors (Lipinski definition) is 4. The van der Waals surface area contributed by atoms with Crippen LogP contribution in [0.4, 0.5) is 0 Å². The highest BCUT2D eigenvalue weighted by Crippen LogP contribution is 2.20. The summed E-state index contributed by atoms with van der Waals surface area (Å²) in [5.41, 5.74) is 0.648. The number of carbonyl (C=O) groups is 2. The Balaban J connectivity index is 1.44. The van der Waals surface area contributed by atoms with Crippen molar-refractivity contribution in [2.24, 2.45) is 0 Å². The van der Waals surface area contributed by atoms with Gasteiger partial charge in [0.15, 0.2) is 0 Å². The van der Waals surface area contributed by atoms with Crippen LogP contribution in [0.15, 0.2) is 16.8 Å². The van der Waals surface area contributed by atoms with Crippen LogP contribution in [0.1, 0.15) is 55.3 Å². The lowest BCUT2D eigenvalue weighted by Crippen LogP contribution is -2.31. The van der Waals surface area contributed by atoms with E-state index in [2.05, 4.69) is 10.6 Å². The van der Waals surface area contributed by atoms with E-state index in [0.717, 1.165) is 6.42 Å². The Morgan fingerprint density at radius 1 is 1.17 bits per heavy atom. The number of ether oxygens (including phenoxy) is 1. The van der Waals surface area contributed by atoms with Crippen molar-refractivity contribution in [2.75, 3.05) is 19.7 Å². The van der Waals surface area contributed by atoms with Crippen LogP contribution in [0.25, 0.3) is 0 Å². The first-order valence-corrected chi connectivity index (χ1v) is 9.38. The number of carbonyl (C=O) groups excluding carboxylic acids is 2. The fraction of sp³-hybridized carbons (Fsp3) is 0.647. The summed E-state index contributed by atoms with van der Waals surface area (Å²) in [5, 5.41) is 9.25. The van der Waals surface area contributed by atoms with E-state index in [1.165, 1.54) is 43.4 Å². The molecule has 0 aromatic carbocycles. The molecule has 0 bridgehead atoms. The van der Waals surface area contributed by atoms with Crippen molar-refractivity contribution < 1.29 is 14.3 Å². The molecule has 1 aliphatic rings.